The number of hydrogen-bond donors (Lipinski definition) is 1. The van der Waals surface area contributed by atoms with Crippen molar-refractivity contribution in [1.82, 2.24) is 10.2 Å². The van der Waals surface area contributed by atoms with E-state index in [1.54, 1.807) is 25.1 Å². The predicted octanol–water partition coefficient (Wildman–Crippen LogP) is 5.87. The van der Waals surface area contributed by atoms with Gasteiger partial charge in [-0.15, -0.1) is 0 Å². The molecule has 2 amide bonds. The minimum atomic E-state index is -4.24. The third kappa shape index (κ3) is 7.99. The quantitative estimate of drug-likeness (QED) is 0.314. The van der Waals surface area contributed by atoms with E-state index in [9.17, 15) is 18.0 Å². The zero-order valence-corrected chi connectivity index (χ0v) is 25.6. The van der Waals surface area contributed by atoms with Crippen LogP contribution in [0.15, 0.2) is 77.7 Å². The highest BCUT2D eigenvalue weighted by Crippen LogP contribution is 2.35. The van der Waals surface area contributed by atoms with Crippen molar-refractivity contribution in [3.63, 3.8) is 0 Å². The topological polar surface area (TPSA) is 86.8 Å². The molecule has 0 aromatic heterocycles. The fourth-order valence-electron chi connectivity index (χ4n) is 4.08. The Morgan fingerprint density at radius 2 is 1.55 bits per heavy atom. The number of rotatable bonds is 10. The van der Waals surface area contributed by atoms with E-state index in [0.717, 1.165) is 15.4 Å². The highest BCUT2D eigenvalue weighted by atomic mass is 35.5. The summed E-state index contributed by atoms with van der Waals surface area (Å²) in [5.74, 6) is -0.901. The molecule has 0 fully saturated rings. The number of hydrogen-bond acceptors (Lipinski definition) is 4. The molecule has 40 heavy (non-hydrogen) atoms. The van der Waals surface area contributed by atoms with Crippen molar-refractivity contribution in [2.24, 2.45) is 0 Å². The summed E-state index contributed by atoms with van der Waals surface area (Å²) in [5, 5.41) is 3.06. The highest BCUT2D eigenvalue weighted by molar-refractivity contribution is 7.92. The van der Waals surface area contributed by atoms with E-state index >= 15 is 0 Å². The maximum atomic E-state index is 14.0. The first kappa shape index (κ1) is 31.5. The summed E-state index contributed by atoms with van der Waals surface area (Å²) in [4.78, 5) is 28.5. The van der Waals surface area contributed by atoms with Crippen LogP contribution in [0.25, 0.3) is 0 Å². The second-order valence-corrected chi connectivity index (χ2v) is 13.3. The molecule has 3 aromatic rings. The van der Waals surface area contributed by atoms with Crippen LogP contribution in [-0.2, 0) is 26.0 Å². The van der Waals surface area contributed by atoms with E-state index in [1.807, 2.05) is 58.0 Å². The molecule has 0 saturated carbocycles. The van der Waals surface area contributed by atoms with Crippen LogP contribution in [0.3, 0.4) is 0 Å². The third-order valence-electron chi connectivity index (χ3n) is 6.24. The van der Waals surface area contributed by atoms with Gasteiger partial charge in [0, 0.05) is 12.1 Å². The average Bonchev–Trinajstić information content (AvgIpc) is 2.89. The van der Waals surface area contributed by atoms with Crippen molar-refractivity contribution in [2.75, 3.05) is 17.4 Å². The Labute approximate surface area is 247 Å². The van der Waals surface area contributed by atoms with Gasteiger partial charge in [-0.1, -0.05) is 77.3 Å². The van der Waals surface area contributed by atoms with Crippen LogP contribution < -0.4 is 9.62 Å². The van der Waals surface area contributed by atoms with E-state index in [2.05, 4.69) is 5.32 Å². The molecule has 1 N–H and O–H groups in total. The third-order valence-corrected chi connectivity index (χ3v) is 8.82. The summed E-state index contributed by atoms with van der Waals surface area (Å²) >= 11 is 12.7. The van der Waals surface area contributed by atoms with Crippen molar-refractivity contribution >= 4 is 50.7 Å². The SMILES string of the molecule is Cc1ccc(S(=O)(=O)N(CC(=O)N(CCc2ccccc2)[C@@H](C)C(=O)NC(C)(C)C)c2cccc(Cl)c2Cl)cc1. The zero-order valence-electron chi connectivity index (χ0n) is 23.3. The Morgan fingerprint density at radius 3 is 2.15 bits per heavy atom. The molecule has 10 heteroatoms. The van der Waals surface area contributed by atoms with Gasteiger partial charge in [0.05, 0.1) is 20.6 Å². The fraction of sp³-hybridized carbons (Fsp3) is 0.333. The van der Waals surface area contributed by atoms with Crippen LogP contribution in [0.4, 0.5) is 5.69 Å². The lowest BCUT2D eigenvalue weighted by molar-refractivity contribution is -0.139. The van der Waals surface area contributed by atoms with Crippen LogP contribution in [0.1, 0.15) is 38.8 Å². The highest BCUT2D eigenvalue weighted by Gasteiger charge is 2.34. The van der Waals surface area contributed by atoms with E-state index in [0.29, 0.717) is 6.42 Å². The van der Waals surface area contributed by atoms with Gasteiger partial charge in [0.2, 0.25) is 11.8 Å². The van der Waals surface area contributed by atoms with Crippen LogP contribution in [0.2, 0.25) is 10.0 Å². The molecule has 0 radical (unpaired) electrons. The largest absolute Gasteiger partial charge is 0.350 e. The lowest BCUT2D eigenvalue weighted by atomic mass is 10.1. The van der Waals surface area contributed by atoms with E-state index in [4.69, 9.17) is 23.2 Å². The smallest absolute Gasteiger partial charge is 0.264 e. The minimum absolute atomic E-state index is 0.00186. The Balaban J connectivity index is 2.03. The van der Waals surface area contributed by atoms with Crippen molar-refractivity contribution < 1.29 is 18.0 Å². The molecule has 1 atom stereocenters. The number of anilines is 1. The molecular formula is C30H35Cl2N3O4S. The van der Waals surface area contributed by atoms with Gasteiger partial charge in [-0.05, 0) is 70.9 Å². The molecule has 0 spiro atoms. The van der Waals surface area contributed by atoms with Gasteiger partial charge in [0.15, 0.2) is 0 Å². The number of nitrogens with zero attached hydrogens (tertiary/aromatic N) is 2. The van der Waals surface area contributed by atoms with E-state index in [1.165, 1.54) is 29.2 Å². The number of nitrogens with one attached hydrogen (secondary N) is 1. The van der Waals surface area contributed by atoms with Gasteiger partial charge in [-0.25, -0.2) is 8.42 Å². The molecule has 0 aliphatic heterocycles. The van der Waals surface area contributed by atoms with Crippen LogP contribution in [-0.4, -0.2) is 49.8 Å². The van der Waals surface area contributed by atoms with Gasteiger partial charge in [0.25, 0.3) is 10.0 Å². The van der Waals surface area contributed by atoms with Gasteiger partial charge in [0.1, 0.15) is 12.6 Å². The first-order valence-electron chi connectivity index (χ1n) is 12.9. The van der Waals surface area contributed by atoms with E-state index < -0.39 is 34.1 Å². The van der Waals surface area contributed by atoms with Gasteiger partial charge < -0.3 is 10.2 Å². The first-order chi connectivity index (χ1) is 18.7. The summed E-state index contributed by atoms with van der Waals surface area (Å²) in [5.41, 5.74) is 1.41. The molecule has 0 aliphatic carbocycles. The lowest BCUT2D eigenvalue weighted by Crippen LogP contribution is -2.55. The lowest BCUT2D eigenvalue weighted by Gasteiger charge is -2.33. The van der Waals surface area contributed by atoms with Gasteiger partial charge in [-0.2, -0.15) is 0 Å². The van der Waals surface area contributed by atoms with Crippen LogP contribution >= 0.6 is 23.2 Å². The zero-order chi connectivity index (χ0) is 29.7. The maximum absolute atomic E-state index is 14.0. The van der Waals surface area contributed by atoms with Crippen molar-refractivity contribution in [3.8, 4) is 0 Å². The normalized spacial score (nSPS) is 12.5. The average molecular weight is 605 g/mol. The number of sulfonamides is 1. The second kappa shape index (κ2) is 13.1. The van der Waals surface area contributed by atoms with Crippen LogP contribution in [0, 0.1) is 6.92 Å². The van der Waals surface area contributed by atoms with E-state index in [-0.39, 0.29) is 33.1 Å². The number of aryl methyl sites for hydroxylation is 1. The maximum Gasteiger partial charge on any atom is 0.264 e. The number of halogens is 2. The Hall–Kier alpha value is -3.07. The molecule has 0 unspecified atom stereocenters. The standard InChI is InChI=1S/C30H35Cl2N3O4S/c1-21-14-16-24(17-15-21)40(38,39)35(26-13-9-12-25(31)28(26)32)20-27(36)34(19-18-23-10-7-6-8-11-23)22(2)29(37)33-30(3,4)5/h6-17,22H,18-20H2,1-5H3,(H,33,37)/t22-/m0/s1. The number of amides is 2. The Kier molecular flexibility index (Phi) is 10.3. The second-order valence-electron chi connectivity index (χ2n) is 10.6. The van der Waals surface area contributed by atoms with Crippen LogP contribution in [0.5, 0.6) is 0 Å². The van der Waals surface area contributed by atoms with Gasteiger partial charge in [-0.3, -0.25) is 13.9 Å². The Morgan fingerprint density at radius 1 is 0.925 bits per heavy atom. The molecule has 0 aliphatic rings. The first-order valence-corrected chi connectivity index (χ1v) is 15.1. The molecule has 3 rings (SSSR count). The molecule has 0 heterocycles. The number of benzene rings is 3. The summed E-state index contributed by atoms with van der Waals surface area (Å²) in [6, 6.07) is 19.6. The fourth-order valence-corrected chi connectivity index (χ4v) is 5.95. The summed E-state index contributed by atoms with van der Waals surface area (Å²) in [6.45, 7) is 8.65. The minimum Gasteiger partial charge on any atom is -0.350 e. The van der Waals surface area contributed by atoms with Crippen molar-refractivity contribution in [1.29, 1.82) is 0 Å². The van der Waals surface area contributed by atoms with Crippen molar-refractivity contribution in [2.45, 2.75) is 57.5 Å². The number of carbonyl (C=O) groups is 2. The predicted molar refractivity (Wildman–Crippen MR) is 161 cm³/mol. The monoisotopic (exact) mass is 603 g/mol. The van der Waals surface area contributed by atoms with Gasteiger partial charge >= 0.3 is 0 Å². The summed E-state index contributed by atoms with van der Waals surface area (Å²) in [6.07, 6.45) is 0.475. The molecule has 0 bridgehead atoms. The molecule has 3 aromatic carbocycles. The molecular weight excluding hydrogens is 569 g/mol. The Bertz CT molecular complexity index is 1440. The summed E-state index contributed by atoms with van der Waals surface area (Å²) < 4.78 is 28.8. The van der Waals surface area contributed by atoms with Crippen molar-refractivity contribution in [3.05, 3.63) is 94.0 Å². The number of carbonyl (C=O) groups excluding carboxylic acids is 2. The summed E-state index contributed by atoms with van der Waals surface area (Å²) in [7, 11) is -4.24. The molecule has 214 valence electrons. The molecule has 0 saturated heterocycles. The molecule has 7 nitrogen and oxygen atoms in total.